The highest BCUT2D eigenvalue weighted by Gasteiger charge is 2.11. The lowest BCUT2D eigenvalue weighted by atomic mass is 10.2. The number of nitrogens with two attached hydrogens (primary N) is 1. The fourth-order valence-electron chi connectivity index (χ4n) is 2.05. The maximum atomic E-state index is 13.4. The molecule has 0 aliphatic heterocycles. The molecular weight excluding hydrogens is 337 g/mol. The molecule has 106 valence electrons. The van der Waals surface area contributed by atoms with Crippen LogP contribution in [0.4, 0.5) is 15.8 Å². The third-order valence-corrected chi connectivity index (χ3v) is 3.71. The van der Waals surface area contributed by atoms with Gasteiger partial charge < -0.3 is 16.0 Å². The van der Waals surface area contributed by atoms with Gasteiger partial charge in [0.05, 0.1) is 4.47 Å². The molecule has 0 aliphatic carbocycles. The standard InChI is InChI=1S/C15H11BrFN3O/c16-11-3-2-10(7-12(11)17)19-15(21)14-6-8-5-9(18)1-4-13(8)20-14/h1-7,20H,18H2,(H,19,21). The molecule has 0 aliphatic rings. The normalized spacial score (nSPS) is 10.8. The van der Waals surface area contributed by atoms with Crippen molar-refractivity contribution in [3.8, 4) is 0 Å². The summed E-state index contributed by atoms with van der Waals surface area (Å²) in [5.74, 6) is -0.774. The maximum absolute atomic E-state index is 13.4. The van der Waals surface area contributed by atoms with Crippen molar-refractivity contribution < 1.29 is 9.18 Å². The molecule has 3 aromatic rings. The van der Waals surface area contributed by atoms with Crippen LogP contribution >= 0.6 is 15.9 Å². The van der Waals surface area contributed by atoms with E-state index in [9.17, 15) is 9.18 Å². The number of fused-ring (bicyclic) bond motifs is 1. The topological polar surface area (TPSA) is 70.9 Å². The van der Waals surface area contributed by atoms with Crippen molar-refractivity contribution in [3.05, 3.63) is 58.4 Å². The van der Waals surface area contributed by atoms with E-state index in [1.165, 1.54) is 12.1 Å². The molecule has 0 unspecified atom stereocenters. The van der Waals surface area contributed by atoms with E-state index in [1.807, 2.05) is 0 Å². The van der Waals surface area contributed by atoms with Crippen molar-refractivity contribution in [3.63, 3.8) is 0 Å². The van der Waals surface area contributed by atoms with Crippen molar-refractivity contribution in [1.29, 1.82) is 0 Å². The molecule has 6 heteroatoms. The first-order valence-electron chi connectivity index (χ1n) is 6.17. The largest absolute Gasteiger partial charge is 0.399 e. The smallest absolute Gasteiger partial charge is 0.272 e. The van der Waals surface area contributed by atoms with Crippen LogP contribution in [0.5, 0.6) is 0 Å². The van der Waals surface area contributed by atoms with Crippen LogP contribution in [0, 0.1) is 5.82 Å². The van der Waals surface area contributed by atoms with Gasteiger partial charge in [0.2, 0.25) is 0 Å². The summed E-state index contributed by atoms with van der Waals surface area (Å²) >= 11 is 3.06. The fourth-order valence-corrected chi connectivity index (χ4v) is 2.29. The summed E-state index contributed by atoms with van der Waals surface area (Å²) < 4.78 is 13.8. The summed E-state index contributed by atoms with van der Waals surface area (Å²) in [6.07, 6.45) is 0. The fraction of sp³-hybridized carbons (Fsp3) is 0. The predicted molar refractivity (Wildman–Crippen MR) is 84.8 cm³/mol. The van der Waals surface area contributed by atoms with E-state index in [4.69, 9.17) is 5.73 Å². The number of hydrogen-bond acceptors (Lipinski definition) is 2. The molecule has 0 radical (unpaired) electrons. The predicted octanol–water partition coefficient (Wildman–Crippen LogP) is 3.90. The number of benzene rings is 2. The number of aromatic amines is 1. The zero-order chi connectivity index (χ0) is 15.0. The maximum Gasteiger partial charge on any atom is 0.272 e. The van der Waals surface area contributed by atoms with E-state index < -0.39 is 5.82 Å². The molecule has 4 nitrogen and oxygen atoms in total. The lowest BCUT2D eigenvalue weighted by molar-refractivity contribution is 0.102. The number of carbonyl (C=O) groups excluding carboxylic acids is 1. The molecule has 1 heterocycles. The Balaban J connectivity index is 1.87. The number of anilines is 2. The van der Waals surface area contributed by atoms with Gasteiger partial charge in [-0.3, -0.25) is 4.79 Å². The molecule has 2 aromatic carbocycles. The van der Waals surface area contributed by atoms with Crippen LogP contribution in [0.25, 0.3) is 10.9 Å². The van der Waals surface area contributed by atoms with Gasteiger partial charge in [-0.2, -0.15) is 0 Å². The van der Waals surface area contributed by atoms with Crippen molar-refractivity contribution >= 4 is 44.1 Å². The average Bonchev–Trinajstić information content (AvgIpc) is 2.86. The Bertz CT molecular complexity index is 844. The van der Waals surface area contributed by atoms with E-state index in [2.05, 4.69) is 26.2 Å². The first-order valence-corrected chi connectivity index (χ1v) is 6.97. The van der Waals surface area contributed by atoms with Gasteiger partial charge in [0.15, 0.2) is 0 Å². The van der Waals surface area contributed by atoms with Crippen molar-refractivity contribution in [2.75, 3.05) is 11.1 Å². The Morgan fingerprint density at radius 1 is 1.19 bits per heavy atom. The summed E-state index contributed by atoms with van der Waals surface area (Å²) in [7, 11) is 0. The lowest BCUT2D eigenvalue weighted by Crippen LogP contribution is -2.12. The van der Waals surface area contributed by atoms with Gasteiger partial charge >= 0.3 is 0 Å². The number of hydrogen-bond donors (Lipinski definition) is 3. The molecule has 0 bridgehead atoms. The number of amides is 1. The summed E-state index contributed by atoms with van der Waals surface area (Å²) in [5.41, 5.74) is 7.92. The Hall–Kier alpha value is -2.34. The molecule has 4 N–H and O–H groups in total. The van der Waals surface area contributed by atoms with Crippen molar-refractivity contribution in [2.24, 2.45) is 0 Å². The Morgan fingerprint density at radius 2 is 2.00 bits per heavy atom. The van der Waals surface area contributed by atoms with Gasteiger partial charge in [-0.05, 0) is 58.4 Å². The summed E-state index contributed by atoms with van der Waals surface area (Å²) in [6.45, 7) is 0. The second kappa shape index (κ2) is 5.21. The van der Waals surface area contributed by atoms with Gasteiger partial charge in [-0.1, -0.05) is 0 Å². The van der Waals surface area contributed by atoms with Crippen LogP contribution in [0.2, 0.25) is 0 Å². The summed E-state index contributed by atoms with van der Waals surface area (Å²) in [6, 6.07) is 11.5. The van der Waals surface area contributed by atoms with Crippen LogP contribution < -0.4 is 11.1 Å². The number of H-pyrrole nitrogens is 1. The van der Waals surface area contributed by atoms with Crippen molar-refractivity contribution in [1.82, 2.24) is 4.98 Å². The number of aromatic nitrogens is 1. The number of nitrogens with one attached hydrogen (secondary N) is 2. The van der Waals surface area contributed by atoms with Gasteiger partial charge in [0.1, 0.15) is 11.5 Å². The minimum Gasteiger partial charge on any atom is -0.399 e. The summed E-state index contributed by atoms with van der Waals surface area (Å²) in [5, 5.41) is 3.49. The van der Waals surface area contributed by atoms with E-state index >= 15 is 0 Å². The summed E-state index contributed by atoms with van der Waals surface area (Å²) in [4.78, 5) is 15.2. The minimum atomic E-state index is -0.433. The molecule has 0 saturated carbocycles. The van der Waals surface area contributed by atoms with E-state index in [0.29, 0.717) is 21.5 Å². The number of carbonyl (C=O) groups is 1. The first kappa shape index (κ1) is 13.6. The zero-order valence-electron chi connectivity index (χ0n) is 10.8. The SMILES string of the molecule is Nc1ccc2[nH]c(C(=O)Nc3ccc(Br)c(F)c3)cc2c1. The van der Waals surface area contributed by atoms with Crippen LogP contribution in [0.15, 0.2) is 46.9 Å². The lowest BCUT2D eigenvalue weighted by Gasteiger charge is -2.04. The molecule has 1 aromatic heterocycles. The zero-order valence-corrected chi connectivity index (χ0v) is 12.4. The third kappa shape index (κ3) is 2.75. The molecule has 21 heavy (non-hydrogen) atoms. The van der Waals surface area contributed by atoms with E-state index in [1.54, 1.807) is 30.3 Å². The molecule has 0 fully saturated rings. The monoisotopic (exact) mass is 347 g/mol. The van der Waals surface area contributed by atoms with Crippen molar-refractivity contribution in [2.45, 2.75) is 0 Å². The Labute approximate surface area is 128 Å². The average molecular weight is 348 g/mol. The Morgan fingerprint density at radius 3 is 2.76 bits per heavy atom. The van der Waals surface area contributed by atoms with Gasteiger partial charge in [0.25, 0.3) is 5.91 Å². The molecule has 1 amide bonds. The highest BCUT2D eigenvalue weighted by atomic mass is 79.9. The third-order valence-electron chi connectivity index (χ3n) is 3.07. The van der Waals surface area contributed by atoms with E-state index in [-0.39, 0.29) is 5.91 Å². The molecule has 0 atom stereocenters. The Kier molecular flexibility index (Phi) is 3.39. The second-order valence-corrected chi connectivity index (χ2v) is 5.47. The van der Waals surface area contributed by atoms with E-state index in [0.717, 1.165) is 10.9 Å². The highest BCUT2D eigenvalue weighted by molar-refractivity contribution is 9.10. The minimum absolute atomic E-state index is 0.341. The van der Waals surface area contributed by atoms with Gasteiger partial charge in [0, 0.05) is 22.3 Å². The van der Waals surface area contributed by atoms with Crippen LogP contribution in [0.1, 0.15) is 10.5 Å². The first-order chi connectivity index (χ1) is 10.0. The number of rotatable bonds is 2. The molecular formula is C15H11BrFN3O. The van der Waals surface area contributed by atoms with Crippen LogP contribution in [-0.4, -0.2) is 10.9 Å². The van der Waals surface area contributed by atoms with Gasteiger partial charge in [-0.15, -0.1) is 0 Å². The number of halogens is 2. The van der Waals surface area contributed by atoms with Crippen LogP contribution in [-0.2, 0) is 0 Å². The number of nitrogen functional groups attached to an aromatic ring is 1. The molecule has 3 rings (SSSR count). The second-order valence-electron chi connectivity index (χ2n) is 4.61. The van der Waals surface area contributed by atoms with Crippen LogP contribution in [0.3, 0.4) is 0 Å². The molecule has 0 saturated heterocycles. The molecule has 0 spiro atoms. The van der Waals surface area contributed by atoms with Gasteiger partial charge in [-0.25, -0.2) is 4.39 Å². The quantitative estimate of drug-likeness (QED) is 0.615. The highest BCUT2D eigenvalue weighted by Crippen LogP contribution is 2.21.